The molecule has 3 rings (SSSR count). The van der Waals surface area contributed by atoms with Crippen LogP contribution in [0.5, 0.6) is 0 Å². The van der Waals surface area contributed by atoms with Crippen LogP contribution in [0.2, 0.25) is 0 Å². The minimum atomic E-state index is -0.384. The summed E-state index contributed by atoms with van der Waals surface area (Å²) in [6, 6.07) is 1.58. The molecule has 1 aliphatic rings. The summed E-state index contributed by atoms with van der Waals surface area (Å²) < 4.78 is 2.47. The second-order valence-corrected chi connectivity index (χ2v) is 7.85. The highest BCUT2D eigenvalue weighted by atomic mass is 32.1. The first kappa shape index (κ1) is 17.9. The topological polar surface area (TPSA) is 76.3 Å². The van der Waals surface area contributed by atoms with Gasteiger partial charge in [0.25, 0.3) is 11.5 Å². The Kier molecular flexibility index (Phi) is 5.10. The number of nitrogens with zero attached hydrogens (tertiary/aromatic N) is 3. The number of hydrogen-bond donors (Lipinski definition) is 1. The Morgan fingerprint density at radius 1 is 1.24 bits per heavy atom. The number of aryl methyl sites for hydroxylation is 1. The maximum Gasteiger partial charge on any atom is 0.331 e. The van der Waals surface area contributed by atoms with E-state index >= 15 is 0 Å². The number of hydrogen-bond acceptors (Lipinski definition) is 5. The second-order valence-electron chi connectivity index (χ2n) is 6.82. The lowest BCUT2D eigenvalue weighted by Crippen LogP contribution is -2.39. The first-order valence-corrected chi connectivity index (χ1v) is 9.40. The van der Waals surface area contributed by atoms with Crippen molar-refractivity contribution in [3.8, 4) is 0 Å². The number of nitrogens with one attached hydrogen (secondary N) is 1. The molecule has 1 amide bonds. The smallest absolute Gasteiger partial charge is 0.331 e. The average Bonchev–Trinajstić information content (AvgIpc) is 3.05. The molecule has 1 N–H and O–H groups in total. The Hall–Kier alpha value is -1.93. The Labute approximate surface area is 149 Å². The number of carbonyl (C=O) groups excluding carboxylic acids is 1. The van der Waals surface area contributed by atoms with Crippen LogP contribution in [0.4, 0.5) is 0 Å². The van der Waals surface area contributed by atoms with E-state index in [2.05, 4.69) is 17.1 Å². The highest BCUT2D eigenvalue weighted by Gasteiger charge is 2.18. The van der Waals surface area contributed by atoms with E-state index in [1.54, 1.807) is 13.1 Å². The van der Waals surface area contributed by atoms with Gasteiger partial charge in [-0.15, -0.1) is 11.3 Å². The summed E-state index contributed by atoms with van der Waals surface area (Å²) in [6.45, 7) is 5.86. The van der Waals surface area contributed by atoms with Gasteiger partial charge in [0.05, 0.1) is 10.3 Å². The van der Waals surface area contributed by atoms with Gasteiger partial charge in [-0.2, -0.15) is 0 Å². The Morgan fingerprint density at radius 3 is 2.60 bits per heavy atom. The van der Waals surface area contributed by atoms with Gasteiger partial charge in [-0.05, 0) is 37.9 Å². The van der Waals surface area contributed by atoms with E-state index in [9.17, 15) is 14.4 Å². The highest BCUT2D eigenvalue weighted by Crippen LogP contribution is 2.21. The molecule has 7 nitrogen and oxygen atoms in total. The zero-order chi connectivity index (χ0) is 18.1. The second kappa shape index (κ2) is 7.13. The van der Waals surface area contributed by atoms with Gasteiger partial charge in [-0.25, -0.2) is 4.79 Å². The van der Waals surface area contributed by atoms with Gasteiger partial charge in [-0.1, -0.05) is 6.92 Å². The molecule has 0 spiro atoms. The SMILES string of the molecule is CC1CCN(CCNC(=O)c2cc3c(=O)n(C)c(=O)n(C)c3s2)CC1. The van der Waals surface area contributed by atoms with Crippen molar-refractivity contribution >= 4 is 27.5 Å². The highest BCUT2D eigenvalue weighted by molar-refractivity contribution is 7.20. The van der Waals surface area contributed by atoms with Crippen molar-refractivity contribution in [3.63, 3.8) is 0 Å². The first-order chi connectivity index (χ1) is 11.9. The molecule has 8 heteroatoms. The zero-order valence-electron chi connectivity index (χ0n) is 14.9. The lowest BCUT2D eigenvalue weighted by Gasteiger charge is -2.30. The van der Waals surface area contributed by atoms with Crippen LogP contribution in [0.3, 0.4) is 0 Å². The van der Waals surface area contributed by atoms with Crippen molar-refractivity contribution in [2.24, 2.45) is 20.0 Å². The molecule has 136 valence electrons. The number of amides is 1. The van der Waals surface area contributed by atoms with Crippen LogP contribution in [0, 0.1) is 5.92 Å². The third kappa shape index (κ3) is 3.55. The molecule has 0 unspecified atom stereocenters. The molecule has 1 fully saturated rings. The van der Waals surface area contributed by atoms with Crippen LogP contribution in [-0.4, -0.2) is 46.1 Å². The summed E-state index contributed by atoms with van der Waals surface area (Å²) in [5.74, 6) is 0.597. The van der Waals surface area contributed by atoms with E-state index in [1.165, 1.54) is 35.8 Å². The summed E-state index contributed by atoms with van der Waals surface area (Å²) in [4.78, 5) is 39.9. The molecule has 25 heavy (non-hydrogen) atoms. The molecule has 0 radical (unpaired) electrons. The molecule has 0 atom stereocenters. The predicted molar refractivity (Wildman–Crippen MR) is 99.5 cm³/mol. The molecular formula is C17H24N4O3S. The van der Waals surface area contributed by atoms with Crippen LogP contribution >= 0.6 is 11.3 Å². The normalized spacial score (nSPS) is 16.4. The van der Waals surface area contributed by atoms with E-state index in [4.69, 9.17) is 0 Å². The predicted octanol–water partition coefficient (Wildman–Crippen LogP) is 0.760. The van der Waals surface area contributed by atoms with Crippen LogP contribution in [0.25, 0.3) is 10.2 Å². The first-order valence-electron chi connectivity index (χ1n) is 8.58. The monoisotopic (exact) mass is 364 g/mol. The van der Waals surface area contributed by atoms with Crippen molar-refractivity contribution in [3.05, 3.63) is 31.8 Å². The standard InChI is InChI=1S/C17H24N4O3S/c1-11-4-7-21(8-5-11)9-6-18-14(22)13-10-12-15(23)19(2)17(24)20(3)16(12)25-13/h10-11H,4-9H2,1-3H3,(H,18,22). The number of carbonyl (C=O) groups is 1. The molecule has 0 aromatic carbocycles. The van der Waals surface area contributed by atoms with Crippen molar-refractivity contribution in [2.45, 2.75) is 19.8 Å². The minimum absolute atomic E-state index is 0.193. The molecule has 2 aromatic rings. The molecule has 0 saturated carbocycles. The van der Waals surface area contributed by atoms with E-state index in [-0.39, 0.29) is 17.2 Å². The van der Waals surface area contributed by atoms with Crippen molar-refractivity contribution in [1.82, 2.24) is 19.4 Å². The fraction of sp³-hybridized carbons (Fsp3) is 0.588. The average molecular weight is 364 g/mol. The van der Waals surface area contributed by atoms with Crippen molar-refractivity contribution in [2.75, 3.05) is 26.2 Å². The molecule has 1 saturated heterocycles. The Morgan fingerprint density at radius 2 is 1.92 bits per heavy atom. The van der Waals surface area contributed by atoms with Crippen LogP contribution in [0.1, 0.15) is 29.4 Å². The Balaban J connectivity index is 1.68. The molecule has 0 aliphatic carbocycles. The number of piperidine rings is 1. The third-order valence-electron chi connectivity index (χ3n) is 4.94. The summed E-state index contributed by atoms with van der Waals surface area (Å²) >= 11 is 1.18. The van der Waals surface area contributed by atoms with Crippen LogP contribution in [0.15, 0.2) is 15.7 Å². The van der Waals surface area contributed by atoms with Crippen LogP contribution in [-0.2, 0) is 14.1 Å². The molecule has 3 heterocycles. The number of aromatic nitrogens is 2. The summed E-state index contributed by atoms with van der Waals surface area (Å²) in [5, 5.41) is 3.33. The Bertz CT molecular complexity index is 903. The number of thiophene rings is 1. The fourth-order valence-electron chi connectivity index (χ4n) is 3.18. The van der Waals surface area contributed by atoms with Gasteiger partial charge in [0.2, 0.25) is 0 Å². The quantitative estimate of drug-likeness (QED) is 0.869. The van der Waals surface area contributed by atoms with Gasteiger partial charge >= 0.3 is 5.69 Å². The van der Waals surface area contributed by atoms with Crippen LogP contribution < -0.4 is 16.6 Å². The van der Waals surface area contributed by atoms with E-state index in [0.29, 0.717) is 21.6 Å². The molecule has 2 aromatic heterocycles. The summed E-state index contributed by atoms with van der Waals surface area (Å²) in [7, 11) is 3.06. The van der Waals surface area contributed by atoms with Gasteiger partial charge in [0.15, 0.2) is 0 Å². The van der Waals surface area contributed by atoms with Gasteiger partial charge in [0, 0.05) is 27.2 Å². The molecule has 0 bridgehead atoms. The maximum absolute atomic E-state index is 12.4. The lowest BCUT2D eigenvalue weighted by atomic mass is 9.99. The van der Waals surface area contributed by atoms with Gasteiger partial charge < -0.3 is 10.2 Å². The summed E-state index contributed by atoms with van der Waals surface area (Å²) in [5.41, 5.74) is -0.749. The van der Waals surface area contributed by atoms with Crippen molar-refractivity contribution in [1.29, 1.82) is 0 Å². The number of likely N-dealkylation sites (tertiary alicyclic amines) is 1. The van der Waals surface area contributed by atoms with Crippen molar-refractivity contribution < 1.29 is 4.79 Å². The lowest BCUT2D eigenvalue weighted by molar-refractivity contribution is 0.0948. The third-order valence-corrected chi connectivity index (χ3v) is 6.15. The number of rotatable bonds is 4. The minimum Gasteiger partial charge on any atom is -0.350 e. The fourth-order valence-corrected chi connectivity index (χ4v) is 4.20. The van der Waals surface area contributed by atoms with E-state index in [1.807, 2.05) is 0 Å². The zero-order valence-corrected chi connectivity index (χ0v) is 15.7. The van der Waals surface area contributed by atoms with E-state index < -0.39 is 0 Å². The largest absolute Gasteiger partial charge is 0.350 e. The molecular weight excluding hydrogens is 340 g/mol. The van der Waals surface area contributed by atoms with E-state index in [0.717, 1.165) is 30.1 Å². The molecule has 1 aliphatic heterocycles. The maximum atomic E-state index is 12.4. The summed E-state index contributed by atoms with van der Waals surface area (Å²) in [6.07, 6.45) is 2.42. The van der Waals surface area contributed by atoms with Gasteiger partial charge in [-0.3, -0.25) is 18.7 Å². The number of fused-ring (bicyclic) bond motifs is 1. The van der Waals surface area contributed by atoms with Gasteiger partial charge in [0.1, 0.15) is 4.83 Å².